The summed E-state index contributed by atoms with van der Waals surface area (Å²) in [5, 5.41) is 21.4. The minimum atomic E-state index is -1.07. The standard InChI is InChI=1S/C8H10N2O4/c11-4-5-1-2-10-7(14-5)3-6(9-10)8(12)13/h3,5,11H,1-2,4H2,(H,12,13). The highest BCUT2D eigenvalue weighted by atomic mass is 16.5. The number of carboxylic acid groups (broad SMARTS) is 1. The van der Waals surface area contributed by atoms with Crippen molar-refractivity contribution >= 4 is 5.97 Å². The molecular formula is C8H10N2O4. The summed E-state index contributed by atoms with van der Waals surface area (Å²) in [4.78, 5) is 10.6. The van der Waals surface area contributed by atoms with E-state index in [1.807, 2.05) is 0 Å². The number of fused-ring (bicyclic) bond motifs is 1. The second-order valence-corrected chi connectivity index (χ2v) is 3.11. The lowest BCUT2D eigenvalue weighted by molar-refractivity contribution is 0.0686. The third-order valence-electron chi connectivity index (χ3n) is 2.12. The number of aryl methyl sites for hydroxylation is 1. The first kappa shape index (κ1) is 9.01. The van der Waals surface area contributed by atoms with Crippen LogP contribution in [0.25, 0.3) is 0 Å². The Kier molecular flexibility index (Phi) is 2.12. The molecule has 0 aromatic carbocycles. The number of aliphatic hydroxyl groups excluding tert-OH is 1. The summed E-state index contributed by atoms with van der Waals surface area (Å²) in [5.74, 6) is -0.663. The van der Waals surface area contributed by atoms with Gasteiger partial charge < -0.3 is 14.9 Å². The van der Waals surface area contributed by atoms with Crippen molar-refractivity contribution in [2.24, 2.45) is 0 Å². The Morgan fingerprint density at radius 1 is 1.79 bits per heavy atom. The lowest BCUT2D eigenvalue weighted by Crippen LogP contribution is -2.29. The molecule has 0 fully saturated rings. The van der Waals surface area contributed by atoms with Crippen molar-refractivity contribution in [1.29, 1.82) is 0 Å². The Morgan fingerprint density at radius 2 is 2.57 bits per heavy atom. The summed E-state index contributed by atoms with van der Waals surface area (Å²) >= 11 is 0. The minimum Gasteiger partial charge on any atom is -0.476 e. The maximum absolute atomic E-state index is 10.6. The van der Waals surface area contributed by atoms with Crippen LogP contribution in [-0.2, 0) is 6.54 Å². The van der Waals surface area contributed by atoms with Crippen molar-refractivity contribution in [1.82, 2.24) is 9.78 Å². The Bertz CT molecular complexity index is 360. The van der Waals surface area contributed by atoms with E-state index in [1.54, 1.807) is 0 Å². The quantitative estimate of drug-likeness (QED) is 0.683. The SMILES string of the molecule is O=C(O)c1cc2n(n1)CCC(CO)O2. The number of ether oxygens (including phenoxy) is 1. The van der Waals surface area contributed by atoms with Crippen LogP contribution >= 0.6 is 0 Å². The molecule has 0 aliphatic carbocycles. The molecule has 1 aliphatic rings. The van der Waals surface area contributed by atoms with E-state index in [1.165, 1.54) is 10.7 Å². The average molecular weight is 198 g/mol. The van der Waals surface area contributed by atoms with Crippen LogP contribution in [0, 0.1) is 0 Å². The second kappa shape index (κ2) is 3.30. The summed E-state index contributed by atoms with van der Waals surface area (Å²) < 4.78 is 6.79. The van der Waals surface area contributed by atoms with E-state index in [2.05, 4.69) is 5.10 Å². The van der Waals surface area contributed by atoms with Gasteiger partial charge in [0.1, 0.15) is 6.10 Å². The molecular weight excluding hydrogens is 188 g/mol. The van der Waals surface area contributed by atoms with Crippen LogP contribution in [0.4, 0.5) is 0 Å². The zero-order valence-electron chi connectivity index (χ0n) is 7.38. The van der Waals surface area contributed by atoms with E-state index in [4.69, 9.17) is 14.9 Å². The maximum Gasteiger partial charge on any atom is 0.356 e. The molecule has 1 atom stereocenters. The van der Waals surface area contributed by atoms with Crippen LogP contribution in [-0.4, -0.2) is 38.7 Å². The molecule has 14 heavy (non-hydrogen) atoms. The number of hydrogen-bond donors (Lipinski definition) is 2. The lowest BCUT2D eigenvalue weighted by atomic mass is 10.2. The minimum absolute atomic E-state index is 0.0291. The van der Waals surface area contributed by atoms with Crippen LogP contribution in [0.5, 0.6) is 5.88 Å². The number of nitrogens with zero attached hydrogens (tertiary/aromatic N) is 2. The topological polar surface area (TPSA) is 84.6 Å². The summed E-state index contributed by atoms with van der Waals surface area (Å²) in [7, 11) is 0. The highest BCUT2D eigenvalue weighted by Crippen LogP contribution is 2.21. The van der Waals surface area contributed by atoms with Gasteiger partial charge in [0.05, 0.1) is 6.61 Å². The Morgan fingerprint density at radius 3 is 3.21 bits per heavy atom. The number of aliphatic hydroxyl groups is 1. The summed E-state index contributed by atoms with van der Waals surface area (Å²) in [5.41, 5.74) is -0.0291. The first-order valence-electron chi connectivity index (χ1n) is 4.29. The molecule has 0 radical (unpaired) electrons. The normalized spacial score (nSPS) is 19.9. The number of carboxylic acids is 1. The smallest absolute Gasteiger partial charge is 0.356 e. The van der Waals surface area contributed by atoms with Crippen molar-refractivity contribution in [3.05, 3.63) is 11.8 Å². The van der Waals surface area contributed by atoms with Gasteiger partial charge in [-0.25, -0.2) is 9.48 Å². The first-order chi connectivity index (χ1) is 6.70. The molecule has 0 bridgehead atoms. The molecule has 1 aliphatic heterocycles. The summed E-state index contributed by atoms with van der Waals surface area (Å²) in [6.07, 6.45) is 0.394. The molecule has 2 N–H and O–H groups in total. The fraction of sp³-hybridized carbons (Fsp3) is 0.500. The molecule has 0 saturated carbocycles. The maximum atomic E-state index is 10.6. The van der Waals surface area contributed by atoms with E-state index in [9.17, 15) is 4.79 Å². The predicted octanol–water partition coefficient (Wildman–Crippen LogP) is -0.275. The van der Waals surface area contributed by atoms with E-state index in [0.29, 0.717) is 18.8 Å². The zero-order chi connectivity index (χ0) is 10.1. The molecule has 1 aromatic heterocycles. The van der Waals surface area contributed by atoms with Crippen molar-refractivity contribution in [3.63, 3.8) is 0 Å². The number of aromatic carboxylic acids is 1. The second-order valence-electron chi connectivity index (χ2n) is 3.11. The fourth-order valence-corrected chi connectivity index (χ4v) is 1.38. The summed E-state index contributed by atoms with van der Waals surface area (Å²) in [6, 6.07) is 1.37. The third-order valence-corrected chi connectivity index (χ3v) is 2.12. The van der Waals surface area contributed by atoms with Gasteiger partial charge in [-0.15, -0.1) is 0 Å². The molecule has 2 rings (SSSR count). The Labute approximate surface area is 79.7 Å². The largest absolute Gasteiger partial charge is 0.476 e. The molecule has 1 aromatic rings. The van der Waals surface area contributed by atoms with Crippen molar-refractivity contribution in [2.75, 3.05) is 6.61 Å². The number of aromatic nitrogens is 2. The van der Waals surface area contributed by atoms with E-state index < -0.39 is 5.97 Å². The number of hydrogen-bond acceptors (Lipinski definition) is 4. The molecule has 2 heterocycles. The predicted molar refractivity (Wildman–Crippen MR) is 45.3 cm³/mol. The van der Waals surface area contributed by atoms with Gasteiger partial charge in [0.25, 0.3) is 0 Å². The fourth-order valence-electron chi connectivity index (χ4n) is 1.38. The van der Waals surface area contributed by atoms with Crippen LogP contribution in [0.15, 0.2) is 6.07 Å². The first-order valence-corrected chi connectivity index (χ1v) is 4.29. The average Bonchev–Trinajstić information content (AvgIpc) is 2.59. The lowest BCUT2D eigenvalue weighted by Gasteiger charge is -2.22. The molecule has 0 spiro atoms. The van der Waals surface area contributed by atoms with Crippen LogP contribution in [0.1, 0.15) is 16.9 Å². The molecule has 76 valence electrons. The van der Waals surface area contributed by atoms with E-state index >= 15 is 0 Å². The van der Waals surface area contributed by atoms with Crippen molar-refractivity contribution in [3.8, 4) is 5.88 Å². The van der Waals surface area contributed by atoms with Crippen molar-refractivity contribution in [2.45, 2.75) is 19.1 Å². The highest BCUT2D eigenvalue weighted by Gasteiger charge is 2.22. The van der Waals surface area contributed by atoms with Crippen LogP contribution in [0.3, 0.4) is 0 Å². The Balaban J connectivity index is 2.25. The van der Waals surface area contributed by atoms with Gasteiger partial charge in [-0.3, -0.25) is 0 Å². The number of carbonyl (C=O) groups is 1. The third kappa shape index (κ3) is 1.44. The number of rotatable bonds is 2. The van der Waals surface area contributed by atoms with E-state index in [0.717, 1.165) is 0 Å². The molecule has 0 amide bonds. The molecule has 1 unspecified atom stereocenters. The molecule has 6 heteroatoms. The van der Waals surface area contributed by atoms with Crippen molar-refractivity contribution < 1.29 is 19.7 Å². The van der Waals surface area contributed by atoms with Gasteiger partial charge in [-0.1, -0.05) is 0 Å². The van der Waals surface area contributed by atoms with E-state index in [-0.39, 0.29) is 18.4 Å². The molecule has 0 saturated heterocycles. The van der Waals surface area contributed by atoms with Crippen LogP contribution < -0.4 is 4.74 Å². The molecule has 6 nitrogen and oxygen atoms in total. The zero-order valence-corrected chi connectivity index (χ0v) is 7.38. The van der Waals surface area contributed by atoms with Gasteiger partial charge in [0.2, 0.25) is 5.88 Å². The summed E-state index contributed by atoms with van der Waals surface area (Å²) in [6.45, 7) is 0.515. The highest BCUT2D eigenvalue weighted by molar-refractivity contribution is 5.85. The van der Waals surface area contributed by atoms with Gasteiger partial charge in [0, 0.05) is 19.0 Å². The van der Waals surface area contributed by atoms with Gasteiger partial charge in [-0.2, -0.15) is 5.10 Å². The van der Waals surface area contributed by atoms with Crippen LogP contribution in [0.2, 0.25) is 0 Å². The van der Waals surface area contributed by atoms with Gasteiger partial charge in [0.15, 0.2) is 5.69 Å². The van der Waals surface area contributed by atoms with Gasteiger partial charge in [-0.05, 0) is 0 Å². The Hall–Kier alpha value is -1.56. The monoisotopic (exact) mass is 198 g/mol. The van der Waals surface area contributed by atoms with Gasteiger partial charge >= 0.3 is 5.97 Å².